The van der Waals surface area contributed by atoms with Gasteiger partial charge in [0, 0.05) is 24.9 Å². The molecular weight excluding hydrogens is 724 g/mol. The molecule has 1 saturated heterocycles. The van der Waals surface area contributed by atoms with Crippen LogP contribution in [0.1, 0.15) is 94.6 Å². The number of aryl methyl sites for hydroxylation is 1. The van der Waals surface area contributed by atoms with Crippen molar-refractivity contribution in [2.45, 2.75) is 97.6 Å². The van der Waals surface area contributed by atoms with E-state index in [0.717, 1.165) is 41.5 Å². The van der Waals surface area contributed by atoms with Crippen LogP contribution in [0.25, 0.3) is 0 Å². The van der Waals surface area contributed by atoms with E-state index in [1.165, 1.54) is 4.90 Å². The fourth-order valence-corrected chi connectivity index (χ4v) is 6.17. The van der Waals surface area contributed by atoms with Gasteiger partial charge in [0.15, 0.2) is 0 Å². The Bertz CT molecular complexity index is 1670. The Kier molecular flexibility index (Phi) is 18.6. The Balaban J connectivity index is 0.000000437. The maximum Gasteiger partial charge on any atom is 0.329 e. The van der Waals surface area contributed by atoms with Gasteiger partial charge in [0.05, 0.1) is 13.0 Å². The number of halogens is 1. The topological polar surface area (TPSA) is 128 Å². The Hall–Kier alpha value is -4.32. The van der Waals surface area contributed by atoms with Crippen LogP contribution in [0.3, 0.4) is 0 Å². The number of ketones is 2. The van der Waals surface area contributed by atoms with Crippen molar-refractivity contribution < 1.29 is 37.9 Å². The largest absolute Gasteiger partial charge is 0.528 e. The Morgan fingerprint density at radius 2 is 1.61 bits per heavy atom. The SMILES string of the molecule is CC(=O)Cc1ccc(CC(=O)O[SiH3])cc1.CCC(C)(C)C(=O)C(=O)N1CCCCC1C(=O)OC(CCc1ccccc1)c1cccc(OCCCNCl)c1. The molecule has 2 atom stereocenters. The van der Waals surface area contributed by atoms with Crippen LogP contribution in [0.5, 0.6) is 5.75 Å². The molecular formula is C42H55ClN2O8Si. The molecule has 3 aromatic carbocycles. The number of amides is 1. The highest BCUT2D eigenvalue weighted by Crippen LogP contribution is 2.30. The highest BCUT2D eigenvalue weighted by molar-refractivity contribution is 6.38. The number of rotatable bonds is 18. The van der Waals surface area contributed by atoms with E-state index in [1.807, 2.05) is 85.8 Å². The second-order valence-corrected chi connectivity index (χ2v) is 14.8. The van der Waals surface area contributed by atoms with E-state index in [-0.39, 0.29) is 11.8 Å². The van der Waals surface area contributed by atoms with Gasteiger partial charge in [0.1, 0.15) is 23.7 Å². The molecule has 54 heavy (non-hydrogen) atoms. The molecule has 1 aliphatic heterocycles. The molecule has 12 heteroatoms. The summed E-state index contributed by atoms with van der Waals surface area (Å²) in [4.78, 5) is 65.7. The van der Waals surface area contributed by atoms with Crippen molar-refractivity contribution in [2.24, 2.45) is 5.41 Å². The molecule has 10 nitrogen and oxygen atoms in total. The van der Waals surface area contributed by atoms with E-state index < -0.39 is 35.2 Å². The molecule has 292 valence electrons. The summed E-state index contributed by atoms with van der Waals surface area (Å²) in [6, 6.07) is 24.3. The monoisotopic (exact) mass is 778 g/mol. The van der Waals surface area contributed by atoms with E-state index in [9.17, 15) is 24.0 Å². The lowest BCUT2D eigenvalue weighted by molar-refractivity contribution is -0.164. The first kappa shape index (κ1) is 44.1. The number of nitrogens with zero attached hydrogens (tertiary/aromatic N) is 1. The quantitative estimate of drug-likeness (QED) is 0.0545. The van der Waals surface area contributed by atoms with Crippen LogP contribution in [-0.2, 0) is 52.4 Å². The van der Waals surface area contributed by atoms with Crippen LogP contribution in [0.4, 0.5) is 0 Å². The standard InChI is InChI=1S/C31H41ClN2O5.C11H14O3Si/c1-4-31(2,3)28(35)29(36)34-20-9-8-16-26(34)30(37)39-27(18-17-23-12-6-5-7-13-23)24-14-10-15-25(22-24)38-21-11-19-33-32;1-8(12)6-9-2-4-10(5-3-9)7-11(13)14-15/h5-7,10,12-15,22,26-27,33H,4,8-9,11,16-21H2,1-3H3;2-5H,6-7H2,1,15H3. The zero-order valence-electron chi connectivity index (χ0n) is 32.2. The average Bonchev–Trinajstić information content (AvgIpc) is 3.18. The maximum atomic E-state index is 13.6. The van der Waals surface area contributed by atoms with E-state index >= 15 is 0 Å². The zero-order chi connectivity index (χ0) is 39.5. The molecule has 2 unspecified atom stereocenters. The van der Waals surface area contributed by atoms with Crippen molar-refractivity contribution >= 4 is 51.7 Å². The number of carbonyl (C=O) groups excluding carboxylic acids is 5. The molecule has 1 heterocycles. The first-order valence-corrected chi connectivity index (χ1v) is 19.9. The second kappa shape index (κ2) is 22.8. The molecule has 0 radical (unpaired) electrons. The van der Waals surface area contributed by atoms with Crippen molar-refractivity contribution in [3.8, 4) is 5.75 Å². The minimum absolute atomic E-state index is 0.140. The molecule has 1 fully saturated rings. The number of piperidine rings is 1. The van der Waals surface area contributed by atoms with Gasteiger partial charge in [0.25, 0.3) is 11.9 Å². The average molecular weight is 779 g/mol. The first-order valence-electron chi connectivity index (χ1n) is 18.7. The van der Waals surface area contributed by atoms with Crippen LogP contribution >= 0.6 is 11.8 Å². The summed E-state index contributed by atoms with van der Waals surface area (Å²) in [5, 5.41) is 0. The number of hydrogen-bond acceptors (Lipinski definition) is 9. The molecule has 0 bridgehead atoms. The summed E-state index contributed by atoms with van der Waals surface area (Å²) in [5.74, 6) is -0.888. The number of likely N-dealkylation sites (tertiary alicyclic amines) is 1. The van der Waals surface area contributed by atoms with E-state index in [4.69, 9.17) is 25.7 Å². The smallest absolute Gasteiger partial charge is 0.329 e. The van der Waals surface area contributed by atoms with Crippen molar-refractivity contribution in [1.82, 2.24) is 9.74 Å². The minimum Gasteiger partial charge on any atom is -0.528 e. The molecule has 0 aliphatic carbocycles. The van der Waals surface area contributed by atoms with Crippen molar-refractivity contribution in [2.75, 3.05) is 19.7 Å². The van der Waals surface area contributed by atoms with Crippen molar-refractivity contribution in [1.29, 1.82) is 0 Å². The Morgan fingerprint density at radius 1 is 0.926 bits per heavy atom. The van der Waals surface area contributed by atoms with Gasteiger partial charge in [-0.15, -0.1) is 0 Å². The third-order valence-corrected chi connectivity index (χ3v) is 10.1. The number of esters is 1. The predicted molar refractivity (Wildman–Crippen MR) is 213 cm³/mol. The zero-order valence-corrected chi connectivity index (χ0v) is 35.0. The number of benzene rings is 3. The van der Waals surface area contributed by atoms with Crippen LogP contribution in [0.15, 0.2) is 78.9 Å². The lowest BCUT2D eigenvalue weighted by Gasteiger charge is -2.36. The first-order chi connectivity index (χ1) is 25.9. The van der Waals surface area contributed by atoms with Gasteiger partial charge in [-0.25, -0.2) is 9.63 Å². The Morgan fingerprint density at radius 3 is 2.24 bits per heavy atom. The minimum atomic E-state index is -0.776. The maximum absolute atomic E-state index is 13.6. The molecule has 1 amide bonds. The summed E-state index contributed by atoms with van der Waals surface area (Å²) in [6.45, 7) is 8.49. The van der Waals surface area contributed by atoms with Gasteiger partial charge in [-0.3, -0.25) is 19.2 Å². The van der Waals surface area contributed by atoms with E-state index in [1.54, 1.807) is 20.8 Å². The summed E-state index contributed by atoms with van der Waals surface area (Å²) >= 11 is 5.53. The second-order valence-electron chi connectivity index (χ2n) is 14.1. The Labute approximate surface area is 327 Å². The number of ether oxygens (including phenoxy) is 2. The van der Waals surface area contributed by atoms with E-state index in [2.05, 4.69) is 4.84 Å². The molecule has 4 rings (SSSR count). The van der Waals surface area contributed by atoms with Gasteiger partial charge in [-0.2, -0.15) is 0 Å². The normalized spacial score (nSPS) is 14.6. The molecule has 1 N–H and O–H groups in total. The lowest BCUT2D eigenvalue weighted by Crippen LogP contribution is -2.53. The molecule has 1 aliphatic rings. The third-order valence-electron chi connectivity index (χ3n) is 9.49. The summed E-state index contributed by atoms with van der Waals surface area (Å²) < 4.78 is 16.7. The van der Waals surface area contributed by atoms with Gasteiger partial charge >= 0.3 is 5.97 Å². The van der Waals surface area contributed by atoms with Gasteiger partial charge in [0.2, 0.25) is 16.3 Å². The van der Waals surface area contributed by atoms with Crippen molar-refractivity contribution in [3.05, 3.63) is 101 Å². The molecule has 0 spiro atoms. The summed E-state index contributed by atoms with van der Waals surface area (Å²) in [6.07, 6.45) is 4.83. The summed E-state index contributed by atoms with van der Waals surface area (Å²) in [5.41, 5.74) is 3.08. The summed E-state index contributed by atoms with van der Waals surface area (Å²) in [7, 11) is 0.436. The van der Waals surface area contributed by atoms with Gasteiger partial charge in [-0.05, 0) is 98.0 Å². The molecule has 0 saturated carbocycles. The van der Waals surface area contributed by atoms with Crippen LogP contribution < -0.4 is 9.57 Å². The highest BCUT2D eigenvalue weighted by atomic mass is 35.5. The number of hydrogen-bond donors (Lipinski definition) is 1. The van der Waals surface area contributed by atoms with Crippen LogP contribution in [0.2, 0.25) is 0 Å². The number of nitrogens with one attached hydrogen (secondary N) is 1. The van der Waals surface area contributed by atoms with Crippen LogP contribution in [-0.4, -0.2) is 70.5 Å². The highest BCUT2D eigenvalue weighted by Gasteiger charge is 2.41. The number of carbonyl (C=O) groups is 5. The van der Waals surface area contributed by atoms with Gasteiger partial charge < -0.3 is 18.8 Å². The fraction of sp³-hybridized carbons (Fsp3) is 0.452. The third kappa shape index (κ3) is 14.5. The van der Waals surface area contributed by atoms with Gasteiger partial charge in [-0.1, -0.05) is 87.5 Å². The van der Waals surface area contributed by atoms with Crippen LogP contribution in [0, 0.1) is 5.41 Å². The van der Waals surface area contributed by atoms with E-state index in [0.29, 0.717) is 74.5 Å². The van der Waals surface area contributed by atoms with Crippen molar-refractivity contribution in [3.63, 3.8) is 0 Å². The lowest BCUT2D eigenvalue weighted by atomic mass is 9.84. The molecule has 0 aromatic heterocycles. The number of Topliss-reactive ketones (excluding diaryl/α,β-unsaturated/α-hetero) is 2. The fourth-order valence-electron chi connectivity index (χ4n) is 5.89. The molecule has 3 aromatic rings. The predicted octanol–water partition coefficient (Wildman–Crippen LogP) is 5.99.